The number of esters is 1. The topological polar surface area (TPSA) is 99.0 Å². The lowest BCUT2D eigenvalue weighted by atomic mass is 10.3. The number of hydrogen-bond donors (Lipinski definition) is 0. The van der Waals surface area contributed by atoms with Crippen molar-refractivity contribution in [1.82, 2.24) is 5.01 Å². The predicted octanol–water partition coefficient (Wildman–Crippen LogP) is 0.588. The fourth-order valence-corrected chi connectivity index (χ4v) is 0.919. The standard InChI is InChI=1S/C8H14N2O6/c1-4-15-7(11)6(3)9(10(13)14)8(12)16-5-2/h6H,4-5H2,1-3H3/t6-/m0/s1. The molecule has 0 spiro atoms. The van der Waals surface area contributed by atoms with Crippen LogP contribution < -0.4 is 0 Å². The molecule has 0 saturated carbocycles. The normalized spacial score (nSPS) is 11.4. The van der Waals surface area contributed by atoms with Crippen LogP contribution >= 0.6 is 0 Å². The van der Waals surface area contributed by atoms with E-state index in [-0.39, 0.29) is 18.2 Å². The lowest BCUT2D eigenvalue weighted by Gasteiger charge is -2.17. The molecular formula is C8H14N2O6. The van der Waals surface area contributed by atoms with Crippen molar-refractivity contribution in [3.63, 3.8) is 0 Å². The highest BCUT2D eigenvalue weighted by Crippen LogP contribution is 2.04. The molecule has 16 heavy (non-hydrogen) atoms. The van der Waals surface area contributed by atoms with Crippen molar-refractivity contribution < 1.29 is 24.1 Å². The van der Waals surface area contributed by atoms with E-state index in [4.69, 9.17) is 0 Å². The van der Waals surface area contributed by atoms with Gasteiger partial charge >= 0.3 is 12.1 Å². The summed E-state index contributed by atoms with van der Waals surface area (Å²) in [5.41, 5.74) is 0. The summed E-state index contributed by atoms with van der Waals surface area (Å²) in [6, 6.07) is -1.33. The largest absolute Gasteiger partial charge is 0.469 e. The van der Waals surface area contributed by atoms with Crippen molar-refractivity contribution in [2.24, 2.45) is 0 Å². The molecule has 0 radical (unpaired) electrons. The van der Waals surface area contributed by atoms with E-state index < -0.39 is 23.1 Å². The third-order valence-electron chi connectivity index (χ3n) is 1.63. The second-order valence-corrected chi connectivity index (χ2v) is 2.71. The lowest BCUT2D eigenvalue weighted by Crippen LogP contribution is -2.47. The van der Waals surface area contributed by atoms with Gasteiger partial charge in [-0.15, -0.1) is 0 Å². The van der Waals surface area contributed by atoms with Crippen LogP contribution in [0.15, 0.2) is 0 Å². The van der Waals surface area contributed by atoms with Crippen LogP contribution in [0.4, 0.5) is 4.79 Å². The number of hydrogen-bond acceptors (Lipinski definition) is 6. The molecule has 0 aliphatic rings. The molecule has 8 heteroatoms. The summed E-state index contributed by atoms with van der Waals surface area (Å²) in [5.74, 6) is -0.854. The maximum Gasteiger partial charge on any atom is 0.469 e. The number of amides is 1. The highest BCUT2D eigenvalue weighted by Gasteiger charge is 2.37. The predicted molar refractivity (Wildman–Crippen MR) is 52.0 cm³/mol. The minimum Gasteiger partial charge on any atom is -0.464 e. The summed E-state index contributed by atoms with van der Waals surface area (Å²) in [7, 11) is 0. The molecule has 0 rings (SSSR count). The molecule has 0 aliphatic heterocycles. The van der Waals surface area contributed by atoms with E-state index >= 15 is 0 Å². The first-order valence-corrected chi connectivity index (χ1v) is 4.72. The number of nitro groups is 1. The lowest BCUT2D eigenvalue weighted by molar-refractivity contribution is -0.640. The Morgan fingerprint density at radius 3 is 2.19 bits per heavy atom. The maximum absolute atomic E-state index is 11.2. The number of ether oxygens (including phenoxy) is 2. The first-order chi connectivity index (χ1) is 7.45. The molecule has 0 unspecified atom stereocenters. The summed E-state index contributed by atoms with van der Waals surface area (Å²) in [6.45, 7) is 4.32. The molecule has 8 nitrogen and oxygen atoms in total. The van der Waals surface area contributed by atoms with Crippen LogP contribution in [0.25, 0.3) is 0 Å². The molecule has 0 aromatic heterocycles. The van der Waals surface area contributed by atoms with E-state index in [0.29, 0.717) is 0 Å². The number of carbonyl (C=O) groups is 2. The van der Waals surface area contributed by atoms with E-state index in [1.165, 1.54) is 13.8 Å². The quantitative estimate of drug-likeness (QED) is 0.392. The first kappa shape index (κ1) is 14.1. The van der Waals surface area contributed by atoms with E-state index in [2.05, 4.69) is 9.47 Å². The Hall–Kier alpha value is -1.86. The highest BCUT2D eigenvalue weighted by atomic mass is 16.7. The van der Waals surface area contributed by atoms with Gasteiger partial charge in [-0.1, -0.05) is 0 Å². The van der Waals surface area contributed by atoms with Gasteiger partial charge < -0.3 is 9.47 Å². The molecule has 0 aliphatic carbocycles. The number of hydrazine groups is 1. The maximum atomic E-state index is 11.2. The van der Waals surface area contributed by atoms with Gasteiger partial charge in [0.25, 0.3) is 0 Å². The molecule has 0 N–H and O–H groups in total. The monoisotopic (exact) mass is 234 g/mol. The fraction of sp³-hybridized carbons (Fsp3) is 0.750. The van der Waals surface area contributed by atoms with Crippen molar-refractivity contribution in [3.05, 3.63) is 10.1 Å². The molecular weight excluding hydrogens is 220 g/mol. The van der Waals surface area contributed by atoms with Crippen LogP contribution in [-0.2, 0) is 14.3 Å². The SMILES string of the molecule is CCOC(=O)[C@H](C)N(C(=O)OCC)[N+](=O)[O-]. The van der Waals surface area contributed by atoms with Crippen LogP contribution in [0.5, 0.6) is 0 Å². The average molecular weight is 234 g/mol. The number of rotatable bonds is 5. The first-order valence-electron chi connectivity index (χ1n) is 4.72. The van der Waals surface area contributed by atoms with Gasteiger partial charge in [-0.05, 0) is 25.8 Å². The molecule has 0 heterocycles. The van der Waals surface area contributed by atoms with Gasteiger partial charge in [0.15, 0.2) is 11.1 Å². The Labute approximate surface area is 92.2 Å². The molecule has 1 atom stereocenters. The fourth-order valence-electron chi connectivity index (χ4n) is 0.919. The van der Waals surface area contributed by atoms with Gasteiger partial charge in [-0.25, -0.2) is 19.7 Å². The van der Waals surface area contributed by atoms with E-state index in [1.807, 2.05) is 0 Å². The van der Waals surface area contributed by atoms with Crippen molar-refractivity contribution in [2.45, 2.75) is 26.8 Å². The summed E-state index contributed by atoms with van der Waals surface area (Å²) in [4.78, 5) is 33.0. The van der Waals surface area contributed by atoms with Gasteiger partial charge in [-0.2, -0.15) is 0 Å². The molecule has 0 bridgehead atoms. The Balaban J connectivity index is 4.71. The molecule has 0 fully saturated rings. The average Bonchev–Trinajstić information content (AvgIpc) is 2.17. The Morgan fingerprint density at radius 1 is 1.31 bits per heavy atom. The van der Waals surface area contributed by atoms with Crippen molar-refractivity contribution in [1.29, 1.82) is 0 Å². The summed E-state index contributed by atoms with van der Waals surface area (Å²) >= 11 is 0. The zero-order valence-corrected chi connectivity index (χ0v) is 9.34. The van der Waals surface area contributed by atoms with Crippen LogP contribution in [-0.4, -0.2) is 41.4 Å². The molecule has 92 valence electrons. The minimum absolute atomic E-state index is 0.0152. The second-order valence-electron chi connectivity index (χ2n) is 2.71. The smallest absolute Gasteiger partial charge is 0.464 e. The van der Waals surface area contributed by atoms with E-state index in [1.54, 1.807) is 6.92 Å². The van der Waals surface area contributed by atoms with Crippen molar-refractivity contribution in [3.8, 4) is 0 Å². The van der Waals surface area contributed by atoms with Gasteiger partial charge in [0.1, 0.15) is 0 Å². The van der Waals surface area contributed by atoms with Gasteiger partial charge in [0, 0.05) is 0 Å². The molecule has 1 amide bonds. The third-order valence-corrected chi connectivity index (χ3v) is 1.63. The summed E-state index contributed by atoms with van der Waals surface area (Å²) < 4.78 is 9.02. The van der Waals surface area contributed by atoms with Crippen molar-refractivity contribution in [2.75, 3.05) is 13.2 Å². The van der Waals surface area contributed by atoms with Crippen LogP contribution in [0.3, 0.4) is 0 Å². The Bertz CT molecular complexity index is 280. The molecule has 0 aromatic rings. The van der Waals surface area contributed by atoms with Gasteiger partial charge in [0.2, 0.25) is 0 Å². The zero-order valence-electron chi connectivity index (χ0n) is 9.34. The Morgan fingerprint density at radius 2 is 1.81 bits per heavy atom. The summed E-state index contributed by atoms with van der Waals surface area (Å²) in [6.07, 6.45) is -1.19. The summed E-state index contributed by atoms with van der Waals surface area (Å²) in [5, 5.41) is 9.69. The van der Waals surface area contributed by atoms with Crippen LogP contribution in [0, 0.1) is 10.1 Å². The zero-order chi connectivity index (χ0) is 12.7. The highest BCUT2D eigenvalue weighted by molar-refractivity contribution is 5.80. The number of carbonyl (C=O) groups excluding carboxylic acids is 2. The van der Waals surface area contributed by atoms with Gasteiger partial charge in [0.05, 0.1) is 13.2 Å². The second kappa shape index (κ2) is 6.59. The van der Waals surface area contributed by atoms with Gasteiger partial charge in [-0.3, -0.25) is 0 Å². The number of nitrogens with zero attached hydrogens (tertiary/aromatic N) is 2. The molecule has 0 saturated heterocycles. The van der Waals surface area contributed by atoms with E-state index in [9.17, 15) is 19.7 Å². The molecule has 0 aromatic carbocycles. The minimum atomic E-state index is -1.33. The van der Waals surface area contributed by atoms with E-state index in [0.717, 1.165) is 0 Å². The Kier molecular flexibility index (Phi) is 5.83. The van der Waals surface area contributed by atoms with Crippen LogP contribution in [0.2, 0.25) is 0 Å². The van der Waals surface area contributed by atoms with Crippen LogP contribution in [0.1, 0.15) is 20.8 Å². The third kappa shape index (κ3) is 3.71. The van der Waals surface area contributed by atoms with Crippen molar-refractivity contribution >= 4 is 12.1 Å².